The van der Waals surface area contributed by atoms with E-state index in [1.165, 1.54) is 36.0 Å². The average Bonchev–Trinajstić information content (AvgIpc) is 3.47. The van der Waals surface area contributed by atoms with E-state index >= 15 is 0 Å². The molecular formula is C39H25N3Se. The normalized spacial score (nSPS) is 11.3. The largest absolute Gasteiger partial charge is 0.0617 e. The smallest absolute Gasteiger partial charge is 0.0544 e. The van der Waals surface area contributed by atoms with Crippen molar-refractivity contribution in [2.75, 3.05) is 0 Å². The van der Waals surface area contributed by atoms with Gasteiger partial charge in [0.05, 0.1) is 0 Å². The molecule has 0 unspecified atom stereocenters. The summed E-state index contributed by atoms with van der Waals surface area (Å²) in [7, 11) is 0. The van der Waals surface area contributed by atoms with Gasteiger partial charge in [0.1, 0.15) is 0 Å². The Balaban J connectivity index is 1.26. The quantitative estimate of drug-likeness (QED) is 0.181. The topological polar surface area (TPSA) is 38.7 Å². The van der Waals surface area contributed by atoms with E-state index in [1.807, 2.05) is 36.4 Å². The van der Waals surface area contributed by atoms with Crippen molar-refractivity contribution in [3.8, 4) is 56.4 Å². The van der Waals surface area contributed by atoms with Gasteiger partial charge in [-0.3, -0.25) is 0 Å². The molecule has 6 aromatic carbocycles. The van der Waals surface area contributed by atoms with Crippen LogP contribution in [0.25, 0.3) is 75.7 Å². The molecule has 0 radical (unpaired) electrons. The molecule has 0 aliphatic carbocycles. The third-order valence-electron chi connectivity index (χ3n) is 7.76. The Bertz CT molecular complexity index is 2210. The Kier molecular flexibility index (Phi) is 6.49. The van der Waals surface area contributed by atoms with Crippen LogP contribution in [-0.2, 0) is 0 Å². The summed E-state index contributed by atoms with van der Waals surface area (Å²) in [6.07, 6.45) is 0. The Labute approximate surface area is 255 Å². The van der Waals surface area contributed by atoms with Crippen LogP contribution in [0.5, 0.6) is 0 Å². The van der Waals surface area contributed by atoms with Crippen LogP contribution in [0.1, 0.15) is 0 Å². The molecule has 0 fully saturated rings. The van der Waals surface area contributed by atoms with Crippen molar-refractivity contribution < 1.29 is 0 Å². The van der Waals surface area contributed by atoms with Crippen molar-refractivity contribution in [2.24, 2.45) is 0 Å². The SMILES string of the molecule is c1ccc(-c2ccc(-c3nc(-c4ccccc4)nc(-c4ccc5[se]c6c(-c7ccccc7)cccc6c5c4)n3)cc2)cc1. The van der Waals surface area contributed by atoms with Gasteiger partial charge in [0.15, 0.2) is 0 Å². The standard InChI is InChI=1S/C39H25N3Se/c1-4-11-26(12-5-1)27-19-21-30(22-20-27)38-40-37(29-15-8-3-9-16-29)41-39(42-38)31-23-24-35-34(25-31)33-18-10-17-32(36(33)43-35)28-13-6-2-7-14-28/h1-25H. The zero-order valence-electron chi connectivity index (χ0n) is 23.2. The van der Waals surface area contributed by atoms with E-state index in [0.717, 1.165) is 22.3 Å². The van der Waals surface area contributed by atoms with Crippen molar-refractivity contribution in [3.63, 3.8) is 0 Å². The van der Waals surface area contributed by atoms with Gasteiger partial charge in [0, 0.05) is 0 Å². The van der Waals surface area contributed by atoms with Crippen molar-refractivity contribution in [1.29, 1.82) is 0 Å². The first-order valence-corrected chi connectivity index (χ1v) is 16.0. The molecule has 0 spiro atoms. The maximum absolute atomic E-state index is 5.03. The molecular weight excluding hydrogens is 589 g/mol. The number of hydrogen-bond donors (Lipinski definition) is 0. The minimum atomic E-state index is 0.232. The molecule has 0 atom stereocenters. The third-order valence-corrected chi connectivity index (χ3v) is 10.3. The molecule has 4 heteroatoms. The number of nitrogens with zero attached hydrogens (tertiary/aromatic N) is 3. The van der Waals surface area contributed by atoms with Crippen molar-refractivity contribution in [1.82, 2.24) is 15.0 Å². The fourth-order valence-electron chi connectivity index (χ4n) is 5.58. The van der Waals surface area contributed by atoms with E-state index < -0.39 is 0 Å². The van der Waals surface area contributed by atoms with Crippen LogP contribution in [0.3, 0.4) is 0 Å². The Hall–Kier alpha value is -5.15. The van der Waals surface area contributed by atoms with Gasteiger partial charge in [-0.25, -0.2) is 0 Å². The molecule has 0 N–H and O–H groups in total. The van der Waals surface area contributed by atoms with E-state index in [1.54, 1.807) is 0 Å². The van der Waals surface area contributed by atoms with Gasteiger partial charge >= 0.3 is 226 Å². The van der Waals surface area contributed by atoms with E-state index in [9.17, 15) is 0 Å². The predicted octanol–water partition coefficient (Wildman–Crippen LogP) is 9.57. The van der Waals surface area contributed by atoms with Crippen LogP contribution in [0.2, 0.25) is 0 Å². The van der Waals surface area contributed by atoms with E-state index in [0.29, 0.717) is 17.5 Å². The summed E-state index contributed by atoms with van der Waals surface area (Å²) in [6.45, 7) is 0. The fraction of sp³-hybridized carbons (Fsp3) is 0. The Morgan fingerprint density at radius 1 is 0.349 bits per heavy atom. The number of benzene rings is 6. The molecule has 0 amide bonds. The molecule has 3 nitrogen and oxygen atoms in total. The summed E-state index contributed by atoms with van der Waals surface area (Å²) in [4.78, 5) is 15.0. The maximum atomic E-state index is 5.03. The van der Waals surface area contributed by atoms with Crippen LogP contribution >= 0.6 is 0 Å². The first-order chi connectivity index (χ1) is 21.3. The average molecular weight is 615 g/mol. The summed E-state index contributed by atoms with van der Waals surface area (Å²) in [5.41, 5.74) is 7.86. The van der Waals surface area contributed by atoms with Gasteiger partial charge in [-0.15, -0.1) is 0 Å². The Morgan fingerprint density at radius 3 is 1.49 bits per heavy atom. The van der Waals surface area contributed by atoms with Crippen LogP contribution in [0.15, 0.2) is 152 Å². The maximum Gasteiger partial charge on any atom is -0.0544 e. The molecule has 0 bridgehead atoms. The number of aromatic nitrogens is 3. The van der Waals surface area contributed by atoms with Crippen molar-refractivity contribution in [3.05, 3.63) is 152 Å². The fourth-order valence-corrected chi connectivity index (χ4v) is 8.13. The predicted molar refractivity (Wildman–Crippen MR) is 179 cm³/mol. The van der Waals surface area contributed by atoms with Gasteiger partial charge in [0.25, 0.3) is 0 Å². The minimum absolute atomic E-state index is 0.232. The zero-order valence-corrected chi connectivity index (χ0v) is 24.9. The summed E-state index contributed by atoms with van der Waals surface area (Å²) in [5, 5.41) is 2.59. The second kappa shape index (κ2) is 10.9. The summed E-state index contributed by atoms with van der Waals surface area (Å²) in [5.74, 6) is 2.02. The van der Waals surface area contributed by atoms with Crippen LogP contribution < -0.4 is 0 Å². The van der Waals surface area contributed by atoms with Crippen molar-refractivity contribution >= 4 is 33.8 Å². The molecule has 43 heavy (non-hydrogen) atoms. The molecule has 8 aromatic rings. The van der Waals surface area contributed by atoms with Crippen LogP contribution in [-0.4, -0.2) is 29.5 Å². The first kappa shape index (κ1) is 25.6. The minimum Gasteiger partial charge on any atom is -0.0617 e. The molecule has 8 rings (SSSR count). The van der Waals surface area contributed by atoms with E-state index in [-0.39, 0.29) is 14.5 Å². The summed E-state index contributed by atoms with van der Waals surface area (Å²) in [6, 6.07) is 53.1. The van der Waals surface area contributed by atoms with E-state index in [4.69, 9.17) is 15.0 Å². The molecule has 2 aromatic heterocycles. The number of hydrogen-bond acceptors (Lipinski definition) is 3. The van der Waals surface area contributed by atoms with Crippen molar-refractivity contribution in [2.45, 2.75) is 0 Å². The molecule has 0 aliphatic heterocycles. The van der Waals surface area contributed by atoms with Gasteiger partial charge in [-0.05, 0) is 0 Å². The summed E-state index contributed by atoms with van der Waals surface area (Å²) >= 11 is 0.232. The molecule has 202 valence electrons. The summed E-state index contributed by atoms with van der Waals surface area (Å²) < 4.78 is 2.83. The van der Waals surface area contributed by atoms with Gasteiger partial charge in [-0.2, -0.15) is 0 Å². The number of rotatable bonds is 5. The monoisotopic (exact) mass is 615 g/mol. The first-order valence-electron chi connectivity index (χ1n) is 14.3. The molecule has 2 heterocycles. The van der Waals surface area contributed by atoms with Crippen LogP contribution in [0, 0.1) is 0 Å². The molecule has 0 saturated heterocycles. The van der Waals surface area contributed by atoms with Gasteiger partial charge in [0.2, 0.25) is 0 Å². The third kappa shape index (κ3) is 4.87. The zero-order chi connectivity index (χ0) is 28.6. The number of fused-ring (bicyclic) bond motifs is 3. The second-order valence-corrected chi connectivity index (χ2v) is 12.7. The van der Waals surface area contributed by atoms with Crippen LogP contribution in [0.4, 0.5) is 0 Å². The molecule has 0 saturated carbocycles. The van der Waals surface area contributed by atoms with Gasteiger partial charge in [-0.1, -0.05) is 30.3 Å². The Morgan fingerprint density at radius 2 is 0.837 bits per heavy atom. The van der Waals surface area contributed by atoms with Gasteiger partial charge < -0.3 is 0 Å². The second-order valence-electron chi connectivity index (χ2n) is 10.5. The molecule has 0 aliphatic rings. The van der Waals surface area contributed by atoms with E-state index in [2.05, 4.69) is 115 Å².